The van der Waals surface area contributed by atoms with E-state index in [-0.39, 0.29) is 18.0 Å². The van der Waals surface area contributed by atoms with Gasteiger partial charge in [0.1, 0.15) is 0 Å². The number of hydrogen-bond acceptors (Lipinski definition) is 2. The molecule has 0 amide bonds. The predicted molar refractivity (Wildman–Crippen MR) is 76.0 cm³/mol. The van der Waals surface area contributed by atoms with E-state index in [0.29, 0.717) is 12.1 Å². The molecule has 5 heteroatoms. The van der Waals surface area contributed by atoms with Crippen LogP contribution < -0.4 is 5.32 Å². The van der Waals surface area contributed by atoms with Crippen LogP contribution in [0.4, 0.5) is 8.78 Å². The molecule has 0 bridgehead atoms. The largest absolute Gasteiger partial charge is 0.309 e. The van der Waals surface area contributed by atoms with E-state index >= 15 is 0 Å². The van der Waals surface area contributed by atoms with Crippen molar-refractivity contribution in [3.05, 3.63) is 35.4 Å². The molecule has 108 valence electrons. The normalized spacial score (nSPS) is 24.3. The summed E-state index contributed by atoms with van der Waals surface area (Å²) in [4.78, 5) is 2.32. The minimum absolute atomic E-state index is 0. The molecule has 1 aromatic rings. The van der Waals surface area contributed by atoms with Gasteiger partial charge in [-0.3, -0.25) is 4.90 Å². The van der Waals surface area contributed by atoms with Gasteiger partial charge in [0.05, 0.1) is 0 Å². The van der Waals surface area contributed by atoms with Gasteiger partial charge in [0.2, 0.25) is 0 Å². The first-order chi connectivity index (χ1) is 8.54. The molecule has 0 radical (unpaired) electrons. The monoisotopic (exact) mass is 290 g/mol. The van der Waals surface area contributed by atoms with Crippen LogP contribution in [0, 0.1) is 0 Å². The highest BCUT2D eigenvalue weighted by atomic mass is 35.5. The van der Waals surface area contributed by atoms with Crippen LogP contribution >= 0.6 is 12.4 Å². The van der Waals surface area contributed by atoms with Crippen molar-refractivity contribution in [3.63, 3.8) is 0 Å². The molecule has 0 spiro atoms. The fourth-order valence-electron chi connectivity index (χ4n) is 2.65. The summed E-state index contributed by atoms with van der Waals surface area (Å²) in [7, 11) is 0. The number of benzene rings is 1. The Morgan fingerprint density at radius 2 is 1.89 bits per heavy atom. The smallest absolute Gasteiger partial charge is 0.263 e. The molecule has 1 heterocycles. The van der Waals surface area contributed by atoms with Crippen LogP contribution in [-0.2, 0) is 6.54 Å². The lowest BCUT2D eigenvalue weighted by molar-refractivity contribution is 0.150. The molecule has 19 heavy (non-hydrogen) atoms. The second-order valence-electron chi connectivity index (χ2n) is 5.21. The third-order valence-electron chi connectivity index (χ3n) is 3.24. The Balaban J connectivity index is 0.00000180. The Labute approximate surface area is 119 Å². The van der Waals surface area contributed by atoms with E-state index in [4.69, 9.17) is 0 Å². The zero-order valence-electron chi connectivity index (χ0n) is 11.3. The highest BCUT2D eigenvalue weighted by molar-refractivity contribution is 5.85. The van der Waals surface area contributed by atoms with Crippen molar-refractivity contribution >= 4 is 12.4 Å². The van der Waals surface area contributed by atoms with E-state index < -0.39 is 6.43 Å². The Bertz CT molecular complexity index is 391. The van der Waals surface area contributed by atoms with Crippen LogP contribution in [0.5, 0.6) is 0 Å². The number of halogens is 3. The van der Waals surface area contributed by atoms with Crippen LogP contribution in [-0.4, -0.2) is 30.1 Å². The zero-order valence-corrected chi connectivity index (χ0v) is 12.1. The number of nitrogens with one attached hydrogen (secondary N) is 1. The van der Waals surface area contributed by atoms with Gasteiger partial charge in [-0.2, -0.15) is 0 Å². The van der Waals surface area contributed by atoms with E-state index in [2.05, 4.69) is 24.1 Å². The molecule has 2 unspecified atom stereocenters. The van der Waals surface area contributed by atoms with Crippen LogP contribution in [0.2, 0.25) is 0 Å². The molecule has 2 nitrogen and oxygen atoms in total. The standard InChI is InChI=1S/C14H20F2N2.ClH/c1-10-7-18(8-11(2)17-10)9-12-4-3-5-13(6-12)14(15)16;/h3-6,10-11,14,17H,7-9H2,1-2H3;1H. The second kappa shape index (κ2) is 7.17. The summed E-state index contributed by atoms with van der Waals surface area (Å²) in [5, 5.41) is 3.46. The Morgan fingerprint density at radius 3 is 2.47 bits per heavy atom. The number of piperazine rings is 1. The van der Waals surface area contributed by atoms with Crippen LogP contribution in [0.3, 0.4) is 0 Å². The number of nitrogens with zero attached hydrogens (tertiary/aromatic N) is 1. The molecule has 1 fully saturated rings. The first-order valence-electron chi connectivity index (χ1n) is 6.40. The van der Waals surface area contributed by atoms with Gasteiger partial charge in [-0.1, -0.05) is 18.2 Å². The van der Waals surface area contributed by atoms with Crippen molar-refractivity contribution in [2.24, 2.45) is 0 Å². The van der Waals surface area contributed by atoms with Crippen LogP contribution in [0.15, 0.2) is 24.3 Å². The van der Waals surface area contributed by atoms with Crippen molar-refractivity contribution in [1.82, 2.24) is 10.2 Å². The molecule has 1 aromatic carbocycles. The summed E-state index contributed by atoms with van der Waals surface area (Å²) in [5.74, 6) is 0. The molecule has 2 rings (SSSR count). The number of rotatable bonds is 3. The number of alkyl halides is 2. The van der Waals surface area contributed by atoms with Gasteiger partial charge in [-0.25, -0.2) is 8.78 Å². The quantitative estimate of drug-likeness (QED) is 0.919. The maximum atomic E-state index is 12.6. The fraction of sp³-hybridized carbons (Fsp3) is 0.571. The summed E-state index contributed by atoms with van der Waals surface area (Å²) in [6, 6.07) is 7.63. The Kier molecular flexibility index (Phi) is 6.17. The highest BCUT2D eigenvalue weighted by Crippen LogP contribution is 2.20. The summed E-state index contributed by atoms with van der Waals surface area (Å²) >= 11 is 0. The third kappa shape index (κ3) is 4.71. The van der Waals surface area contributed by atoms with Crippen molar-refractivity contribution in [2.75, 3.05) is 13.1 Å². The van der Waals surface area contributed by atoms with Gasteiger partial charge in [-0.15, -0.1) is 12.4 Å². The Morgan fingerprint density at radius 1 is 1.26 bits per heavy atom. The lowest BCUT2D eigenvalue weighted by Gasteiger charge is -2.36. The van der Waals surface area contributed by atoms with Gasteiger partial charge < -0.3 is 5.32 Å². The second-order valence-corrected chi connectivity index (χ2v) is 5.21. The van der Waals surface area contributed by atoms with Gasteiger partial charge in [0.25, 0.3) is 6.43 Å². The predicted octanol–water partition coefficient (Wildman–Crippen LogP) is 3.23. The topological polar surface area (TPSA) is 15.3 Å². The first kappa shape index (κ1) is 16.3. The van der Waals surface area contributed by atoms with Gasteiger partial charge in [0, 0.05) is 37.3 Å². The van der Waals surface area contributed by atoms with Gasteiger partial charge in [-0.05, 0) is 25.5 Å². The fourth-order valence-corrected chi connectivity index (χ4v) is 2.65. The average molecular weight is 291 g/mol. The maximum Gasteiger partial charge on any atom is 0.263 e. The van der Waals surface area contributed by atoms with E-state index in [1.54, 1.807) is 12.1 Å². The third-order valence-corrected chi connectivity index (χ3v) is 3.24. The van der Waals surface area contributed by atoms with Crippen molar-refractivity contribution in [1.29, 1.82) is 0 Å². The zero-order chi connectivity index (χ0) is 13.1. The lowest BCUT2D eigenvalue weighted by Crippen LogP contribution is -2.53. The summed E-state index contributed by atoms with van der Waals surface area (Å²) in [6.45, 7) is 6.97. The molecule has 1 aliphatic heterocycles. The molecule has 2 atom stereocenters. The summed E-state index contributed by atoms with van der Waals surface area (Å²) in [6.07, 6.45) is -2.38. The molecule has 0 aromatic heterocycles. The number of hydrogen-bond donors (Lipinski definition) is 1. The molecule has 1 saturated heterocycles. The van der Waals surface area contributed by atoms with Crippen LogP contribution in [0.1, 0.15) is 31.4 Å². The molecule has 1 aliphatic rings. The molecular weight excluding hydrogens is 270 g/mol. The minimum Gasteiger partial charge on any atom is -0.309 e. The SMILES string of the molecule is CC1CN(Cc2cccc(C(F)F)c2)CC(C)N1.Cl. The van der Waals surface area contributed by atoms with Gasteiger partial charge >= 0.3 is 0 Å². The van der Waals surface area contributed by atoms with E-state index in [9.17, 15) is 8.78 Å². The summed E-state index contributed by atoms with van der Waals surface area (Å²) in [5.41, 5.74) is 1.08. The van der Waals surface area contributed by atoms with E-state index in [0.717, 1.165) is 25.2 Å². The Hall–Kier alpha value is -0.710. The summed E-state index contributed by atoms with van der Waals surface area (Å²) < 4.78 is 25.3. The lowest BCUT2D eigenvalue weighted by atomic mass is 10.1. The molecule has 1 N–H and O–H groups in total. The first-order valence-corrected chi connectivity index (χ1v) is 6.40. The van der Waals surface area contributed by atoms with Crippen molar-refractivity contribution in [3.8, 4) is 0 Å². The molecule has 0 aliphatic carbocycles. The van der Waals surface area contributed by atoms with Crippen molar-refractivity contribution in [2.45, 2.75) is 38.9 Å². The van der Waals surface area contributed by atoms with E-state index in [1.165, 1.54) is 6.07 Å². The molecule has 0 saturated carbocycles. The highest BCUT2D eigenvalue weighted by Gasteiger charge is 2.20. The van der Waals surface area contributed by atoms with Gasteiger partial charge in [0.15, 0.2) is 0 Å². The maximum absolute atomic E-state index is 12.6. The minimum atomic E-state index is -2.38. The van der Waals surface area contributed by atoms with E-state index in [1.807, 2.05) is 6.07 Å². The molecular formula is C14H21ClF2N2. The van der Waals surface area contributed by atoms with Crippen molar-refractivity contribution < 1.29 is 8.78 Å². The average Bonchev–Trinajstić information content (AvgIpc) is 2.27. The van der Waals surface area contributed by atoms with Crippen LogP contribution in [0.25, 0.3) is 0 Å².